The molecule has 4 nitrogen and oxygen atoms in total. The largest absolute Gasteiger partial charge is 0.506 e. The van der Waals surface area contributed by atoms with Crippen LogP contribution in [0.15, 0.2) is 0 Å². The van der Waals surface area contributed by atoms with Gasteiger partial charge in [-0.1, -0.05) is 0 Å². The molecule has 0 amide bonds. The van der Waals surface area contributed by atoms with Gasteiger partial charge in [0.25, 0.3) is 0 Å². The Morgan fingerprint density at radius 1 is 1.64 bits per heavy atom. The number of rotatable bonds is 1. The molecule has 0 bridgehead atoms. The van der Waals surface area contributed by atoms with Gasteiger partial charge in [-0.15, -0.1) is 11.3 Å². The normalized spacial score (nSPS) is 14.9. The maximum absolute atomic E-state index is 11.3. The minimum Gasteiger partial charge on any atom is -0.506 e. The summed E-state index contributed by atoms with van der Waals surface area (Å²) in [5, 5.41) is 12.9. The number of esters is 1. The molecule has 2 heterocycles. The van der Waals surface area contributed by atoms with Crippen LogP contribution in [0.1, 0.15) is 20.1 Å². The Morgan fingerprint density at radius 3 is 3.07 bits per heavy atom. The van der Waals surface area contributed by atoms with Crippen molar-refractivity contribution in [3.05, 3.63) is 15.3 Å². The van der Waals surface area contributed by atoms with Gasteiger partial charge in [0, 0.05) is 23.5 Å². The molecule has 0 aromatic carbocycles. The first-order valence-electron chi connectivity index (χ1n) is 4.36. The molecule has 0 saturated heterocycles. The van der Waals surface area contributed by atoms with Crippen LogP contribution < -0.4 is 5.32 Å². The molecule has 0 radical (unpaired) electrons. The van der Waals surface area contributed by atoms with E-state index in [0.717, 1.165) is 23.4 Å². The van der Waals surface area contributed by atoms with Crippen molar-refractivity contribution in [3.8, 4) is 5.75 Å². The van der Waals surface area contributed by atoms with Crippen molar-refractivity contribution in [2.24, 2.45) is 0 Å². The van der Waals surface area contributed by atoms with E-state index in [9.17, 15) is 9.90 Å². The molecule has 0 aliphatic carbocycles. The van der Waals surface area contributed by atoms with Crippen LogP contribution in [-0.4, -0.2) is 24.7 Å². The molecule has 2 rings (SSSR count). The Hall–Kier alpha value is -1.07. The van der Waals surface area contributed by atoms with Crippen LogP contribution in [0.25, 0.3) is 0 Å². The average Bonchev–Trinajstić information content (AvgIpc) is 2.56. The van der Waals surface area contributed by atoms with E-state index in [1.807, 2.05) is 0 Å². The second-order valence-corrected chi connectivity index (χ2v) is 4.21. The number of fused-ring (bicyclic) bond motifs is 1. The first-order chi connectivity index (χ1) is 6.74. The first-order valence-corrected chi connectivity index (χ1v) is 5.18. The standard InChI is InChI=1S/C9H11NO3S/c1-13-9(12)8-7(11)5-4-10-3-2-6(5)14-8/h10-11H,2-4H2,1H3. The zero-order valence-electron chi connectivity index (χ0n) is 7.79. The predicted molar refractivity (Wildman–Crippen MR) is 52.7 cm³/mol. The van der Waals surface area contributed by atoms with Gasteiger partial charge in [-0.3, -0.25) is 0 Å². The lowest BCUT2D eigenvalue weighted by atomic mass is 10.1. The van der Waals surface area contributed by atoms with Gasteiger partial charge in [-0.25, -0.2) is 4.79 Å². The van der Waals surface area contributed by atoms with Gasteiger partial charge < -0.3 is 15.2 Å². The van der Waals surface area contributed by atoms with E-state index in [2.05, 4.69) is 10.1 Å². The molecule has 1 aliphatic heterocycles. The van der Waals surface area contributed by atoms with Gasteiger partial charge in [0.15, 0.2) is 4.88 Å². The van der Waals surface area contributed by atoms with Gasteiger partial charge in [0.1, 0.15) is 5.75 Å². The van der Waals surface area contributed by atoms with E-state index in [0.29, 0.717) is 11.4 Å². The number of nitrogens with one attached hydrogen (secondary N) is 1. The van der Waals surface area contributed by atoms with Crippen LogP contribution >= 0.6 is 11.3 Å². The summed E-state index contributed by atoms with van der Waals surface area (Å²) >= 11 is 1.33. The van der Waals surface area contributed by atoms with E-state index in [1.54, 1.807) is 0 Å². The number of methoxy groups -OCH3 is 1. The Labute approximate surface area is 85.5 Å². The second-order valence-electron chi connectivity index (χ2n) is 3.10. The van der Waals surface area contributed by atoms with Crippen molar-refractivity contribution >= 4 is 17.3 Å². The molecule has 1 aliphatic rings. The van der Waals surface area contributed by atoms with Crippen molar-refractivity contribution in [2.75, 3.05) is 13.7 Å². The highest BCUT2D eigenvalue weighted by molar-refractivity contribution is 7.14. The van der Waals surface area contributed by atoms with Crippen LogP contribution in [-0.2, 0) is 17.7 Å². The second kappa shape index (κ2) is 3.59. The maximum atomic E-state index is 11.3. The first kappa shape index (κ1) is 9.48. The summed E-state index contributed by atoms with van der Waals surface area (Å²) in [6.07, 6.45) is 0.866. The van der Waals surface area contributed by atoms with Crippen molar-refractivity contribution < 1.29 is 14.6 Å². The summed E-state index contributed by atoms with van der Waals surface area (Å²) in [6.45, 7) is 1.53. The molecular weight excluding hydrogens is 202 g/mol. The minimum absolute atomic E-state index is 0.0871. The fourth-order valence-corrected chi connectivity index (χ4v) is 2.66. The Bertz CT molecular complexity index is 372. The average molecular weight is 213 g/mol. The highest BCUT2D eigenvalue weighted by Crippen LogP contribution is 2.36. The summed E-state index contributed by atoms with van der Waals surface area (Å²) in [4.78, 5) is 12.7. The zero-order valence-corrected chi connectivity index (χ0v) is 8.61. The quantitative estimate of drug-likeness (QED) is 0.680. The van der Waals surface area contributed by atoms with E-state index in [-0.39, 0.29) is 5.75 Å². The number of aromatic hydroxyl groups is 1. The molecule has 0 atom stereocenters. The third kappa shape index (κ3) is 1.38. The summed E-state index contributed by atoms with van der Waals surface area (Å²) < 4.78 is 4.59. The summed E-state index contributed by atoms with van der Waals surface area (Å²) in [5.41, 5.74) is 0.849. The molecule has 1 aromatic heterocycles. The predicted octanol–water partition coefficient (Wildman–Crippen LogP) is 0.886. The van der Waals surface area contributed by atoms with Crippen LogP contribution in [0, 0.1) is 0 Å². The minimum atomic E-state index is -0.457. The van der Waals surface area contributed by atoms with E-state index in [4.69, 9.17) is 0 Å². The highest BCUT2D eigenvalue weighted by atomic mass is 32.1. The fourth-order valence-electron chi connectivity index (χ4n) is 1.53. The van der Waals surface area contributed by atoms with Crippen LogP contribution in [0.4, 0.5) is 0 Å². The number of thiophene rings is 1. The molecule has 0 unspecified atom stereocenters. The van der Waals surface area contributed by atoms with E-state index >= 15 is 0 Å². The van der Waals surface area contributed by atoms with Crippen LogP contribution in [0.3, 0.4) is 0 Å². The molecule has 2 N–H and O–H groups in total. The summed E-state index contributed by atoms with van der Waals surface area (Å²) in [5.74, 6) is -0.369. The van der Waals surface area contributed by atoms with Gasteiger partial charge in [0.2, 0.25) is 0 Å². The van der Waals surface area contributed by atoms with E-state index < -0.39 is 5.97 Å². The number of hydrogen-bond donors (Lipinski definition) is 2. The van der Waals surface area contributed by atoms with Gasteiger partial charge in [0.05, 0.1) is 7.11 Å². The van der Waals surface area contributed by atoms with Gasteiger partial charge >= 0.3 is 5.97 Å². The van der Waals surface area contributed by atoms with Gasteiger partial charge in [-0.2, -0.15) is 0 Å². The smallest absolute Gasteiger partial charge is 0.351 e. The lowest BCUT2D eigenvalue weighted by Crippen LogP contribution is -2.21. The molecule has 5 heteroatoms. The van der Waals surface area contributed by atoms with Crippen molar-refractivity contribution in [1.82, 2.24) is 5.32 Å². The number of ether oxygens (including phenoxy) is 1. The highest BCUT2D eigenvalue weighted by Gasteiger charge is 2.24. The fraction of sp³-hybridized carbons (Fsp3) is 0.444. The molecule has 1 aromatic rings. The van der Waals surface area contributed by atoms with Crippen molar-refractivity contribution in [1.29, 1.82) is 0 Å². The third-order valence-electron chi connectivity index (χ3n) is 2.26. The molecule has 14 heavy (non-hydrogen) atoms. The molecule has 0 fully saturated rings. The Kier molecular flexibility index (Phi) is 2.43. The SMILES string of the molecule is COC(=O)c1sc2c(c1O)CNCC2. The molecule has 76 valence electrons. The van der Waals surface area contributed by atoms with Crippen LogP contribution in [0.5, 0.6) is 5.75 Å². The Balaban J connectivity index is 2.43. The summed E-state index contributed by atoms with van der Waals surface area (Å²) in [6, 6.07) is 0. The molecule has 0 saturated carbocycles. The third-order valence-corrected chi connectivity index (χ3v) is 3.53. The summed E-state index contributed by atoms with van der Waals surface area (Å²) in [7, 11) is 1.32. The van der Waals surface area contributed by atoms with Crippen molar-refractivity contribution in [3.63, 3.8) is 0 Å². The topological polar surface area (TPSA) is 58.6 Å². The Morgan fingerprint density at radius 2 is 2.43 bits per heavy atom. The number of carbonyl (C=O) groups is 1. The number of carbonyl (C=O) groups excluding carboxylic acids is 1. The molecule has 0 spiro atoms. The monoisotopic (exact) mass is 213 g/mol. The molecular formula is C9H11NO3S. The lowest BCUT2D eigenvalue weighted by molar-refractivity contribution is 0.0603. The van der Waals surface area contributed by atoms with E-state index in [1.165, 1.54) is 18.4 Å². The number of hydrogen-bond acceptors (Lipinski definition) is 5. The zero-order chi connectivity index (χ0) is 10.1. The van der Waals surface area contributed by atoms with Crippen molar-refractivity contribution in [2.45, 2.75) is 13.0 Å². The van der Waals surface area contributed by atoms with Gasteiger partial charge in [-0.05, 0) is 6.42 Å². The van der Waals surface area contributed by atoms with Crippen LogP contribution in [0.2, 0.25) is 0 Å². The lowest BCUT2D eigenvalue weighted by Gasteiger charge is -2.11. The maximum Gasteiger partial charge on any atom is 0.351 e.